The van der Waals surface area contributed by atoms with Gasteiger partial charge in [0.2, 0.25) is 11.8 Å². The van der Waals surface area contributed by atoms with E-state index < -0.39 is 5.54 Å². The van der Waals surface area contributed by atoms with Gasteiger partial charge in [0, 0.05) is 25.6 Å². The number of nitrogens with one attached hydrogen (secondary N) is 2. The minimum atomic E-state index is -0.568. The summed E-state index contributed by atoms with van der Waals surface area (Å²) in [5.74, 6) is 4.64. The molecule has 0 aromatic rings. The molecule has 0 aromatic heterocycles. The lowest BCUT2D eigenvalue weighted by Crippen LogP contribution is -2.63. The van der Waals surface area contributed by atoms with Crippen LogP contribution in [0.3, 0.4) is 0 Å². The predicted octanol–water partition coefficient (Wildman–Crippen LogP) is -1.18. The van der Waals surface area contributed by atoms with E-state index in [1.54, 1.807) is 6.92 Å². The molecule has 0 bridgehead atoms. The quantitative estimate of drug-likeness (QED) is 0.322. The highest BCUT2D eigenvalue weighted by Crippen LogP contribution is 2.18. The molecule has 0 radical (unpaired) electrons. The molecule has 1 unspecified atom stereocenters. The first kappa shape index (κ1) is 12.9. The number of nitrogens with zero attached hydrogens (tertiary/aromatic N) is 1. The zero-order chi connectivity index (χ0) is 12.3. The van der Waals surface area contributed by atoms with E-state index in [9.17, 15) is 9.59 Å². The van der Waals surface area contributed by atoms with Crippen molar-refractivity contribution in [1.82, 2.24) is 15.6 Å². The fourth-order valence-electron chi connectivity index (χ4n) is 1.82. The van der Waals surface area contributed by atoms with Crippen molar-refractivity contribution in [2.75, 3.05) is 19.6 Å². The zero-order valence-electron chi connectivity index (χ0n) is 10.0. The average molecular weight is 228 g/mol. The van der Waals surface area contributed by atoms with E-state index in [1.165, 1.54) is 0 Å². The molecular weight excluding hydrogens is 208 g/mol. The highest BCUT2D eigenvalue weighted by Gasteiger charge is 2.38. The summed E-state index contributed by atoms with van der Waals surface area (Å²) in [6.45, 7) is 7.41. The van der Waals surface area contributed by atoms with E-state index in [-0.39, 0.29) is 17.7 Å². The van der Waals surface area contributed by atoms with Crippen LogP contribution in [0.5, 0.6) is 0 Å². The minimum Gasteiger partial charge on any atom is -0.353 e. The number of carbonyl (C=O) groups excluding carboxylic acids is 2. The van der Waals surface area contributed by atoms with Crippen LogP contribution in [0.4, 0.5) is 0 Å². The minimum absolute atomic E-state index is 0.000827. The van der Waals surface area contributed by atoms with Gasteiger partial charge in [-0.1, -0.05) is 6.92 Å². The summed E-state index contributed by atoms with van der Waals surface area (Å²) in [5, 5.41) is 2.81. The Morgan fingerprint density at radius 2 is 2.31 bits per heavy atom. The molecule has 0 saturated carbocycles. The Morgan fingerprint density at radius 1 is 1.69 bits per heavy atom. The molecule has 0 aromatic carbocycles. The molecule has 1 saturated heterocycles. The largest absolute Gasteiger partial charge is 0.353 e. The second-order valence-corrected chi connectivity index (χ2v) is 4.67. The topological polar surface area (TPSA) is 87.5 Å². The van der Waals surface area contributed by atoms with Gasteiger partial charge in [0.05, 0.1) is 5.54 Å². The first-order valence-corrected chi connectivity index (χ1v) is 5.43. The SMILES string of the molecule is CC(CN1CCNC(=O)C1(C)C)C(=O)NN. The number of nitrogens with two attached hydrogens (primary N) is 1. The predicted molar refractivity (Wildman–Crippen MR) is 60.2 cm³/mol. The second-order valence-electron chi connectivity index (χ2n) is 4.67. The summed E-state index contributed by atoms with van der Waals surface area (Å²) in [6.07, 6.45) is 0. The Balaban J connectivity index is 2.65. The second kappa shape index (κ2) is 4.80. The highest BCUT2D eigenvalue weighted by atomic mass is 16.2. The monoisotopic (exact) mass is 228 g/mol. The van der Waals surface area contributed by atoms with Gasteiger partial charge in [0.25, 0.3) is 0 Å². The molecule has 0 spiro atoms. The van der Waals surface area contributed by atoms with E-state index in [4.69, 9.17) is 5.84 Å². The fourth-order valence-corrected chi connectivity index (χ4v) is 1.82. The maximum absolute atomic E-state index is 11.7. The molecule has 1 aliphatic rings. The van der Waals surface area contributed by atoms with Crippen molar-refractivity contribution in [2.24, 2.45) is 11.8 Å². The Hall–Kier alpha value is -1.14. The Labute approximate surface area is 95.5 Å². The first-order valence-electron chi connectivity index (χ1n) is 5.43. The van der Waals surface area contributed by atoms with Gasteiger partial charge in [-0.2, -0.15) is 0 Å². The molecular formula is C10H20N4O2. The van der Waals surface area contributed by atoms with E-state index in [0.29, 0.717) is 13.1 Å². The summed E-state index contributed by atoms with van der Waals surface area (Å²) >= 11 is 0. The molecule has 1 atom stereocenters. The van der Waals surface area contributed by atoms with E-state index in [1.807, 2.05) is 18.7 Å². The van der Waals surface area contributed by atoms with E-state index in [0.717, 1.165) is 6.54 Å². The molecule has 1 heterocycles. The molecule has 1 rings (SSSR count). The molecule has 6 nitrogen and oxygen atoms in total. The number of hydrazine groups is 1. The molecule has 2 amide bonds. The smallest absolute Gasteiger partial charge is 0.239 e. The molecule has 4 N–H and O–H groups in total. The van der Waals surface area contributed by atoms with Gasteiger partial charge in [0.1, 0.15) is 0 Å². The number of rotatable bonds is 3. The number of piperazine rings is 1. The van der Waals surface area contributed by atoms with Crippen LogP contribution >= 0.6 is 0 Å². The summed E-state index contributed by atoms with van der Waals surface area (Å²) < 4.78 is 0. The van der Waals surface area contributed by atoms with Gasteiger partial charge in [0.15, 0.2) is 0 Å². The third-order valence-electron chi connectivity index (χ3n) is 3.10. The van der Waals surface area contributed by atoms with Gasteiger partial charge in [-0.15, -0.1) is 0 Å². The number of carbonyl (C=O) groups is 2. The third-order valence-corrected chi connectivity index (χ3v) is 3.10. The van der Waals surface area contributed by atoms with Crippen molar-refractivity contribution in [3.8, 4) is 0 Å². The van der Waals surface area contributed by atoms with Crippen molar-refractivity contribution < 1.29 is 9.59 Å². The maximum atomic E-state index is 11.7. The van der Waals surface area contributed by atoms with Crippen molar-refractivity contribution in [3.05, 3.63) is 0 Å². The summed E-state index contributed by atoms with van der Waals surface area (Å²) in [6, 6.07) is 0. The third kappa shape index (κ3) is 2.51. The standard InChI is InChI=1S/C10H20N4O2/c1-7(8(15)13-11)6-14-5-4-12-9(16)10(14,2)3/h7H,4-6,11H2,1-3H3,(H,12,16)(H,13,15). The van der Waals surface area contributed by atoms with Crippen LogP contribution in [0.25, 0.3) is 0 Å². The molecule has 6 heteroatoms. The van der Waals surface area contributed by atoms with Crippen molar-refractivity contribution in [2.45, 2.75) is 26.3 Å². The van der Waals surface area contributed by atoms with Crippen molar-refractivity contribution in [3.63, 3.8) is 0 Å². The van der Waals surface area contributed by atoms with Gasteiger partial charge >= 0.3 is 0 Å². The van der Waals surface area contributed by atoms with Crippen LogP contribution < -0.4 is 16.6 Å². The van der Waals surface area contributed by atoms with Crippen LogP contribution in [0.2, 0.25) is 0 Å². The molecule has 1 aliphatic heterocycles. The van der Waals surface area contributed by atoms with Crippen LogP contribution in [-0.4, -0.2) is 41.9 Å². The summed E-state index contributed by atoms with van der Waals surface area (Å²) in [5.41, 5.74) is 1.56. The molecule has 1 fully saturated rings. The number of hydrogen-bond donors (Lipinski definition) is 3. The Morgan fingerprint density at radius 3 is 2.88 bits per heavy atom. The average Bonchev–Trinajstić information content (AvgIpc) is 2.24. The van der Waals surface area contributed by atoms with Gasteiger partial charge in [-0.3, -0.25) is 19.9 Å². The van der Waals surface area contributed by atoms with Crippen LogP contribution in [0.1, 0.15) is 20.8 Å². The van der Waals surface area contributed by atoms with Crippen LogP contribution in [-0.2, 0) is 9.59 Å². The van der Waals surface area contributed by atoms with E-state index in [2.05, 4.69) is 10.7 Å². The first-order chi connectivity index (χ1) is 7.39. The van der Waals surface area contributed by atoms with Crippen LogP contribution in [0, 0.1) is 5.92 Å². The molecule has 92 valence electrons. The molecule has 0 aliphatic carbocycles. The van der Waals surface area contributed by atoms with Crippen molar-refractivity contribution in [1.29, 1.82) is 0 Å². The van der Waals surface area contributed by atoms with Gasteiger partial charge < -0.3 is 5.32 Å². The normalized spacial score (nSPS) is 22.4. The van der Waals surface area contributed by atoms with Gasteiger partial charge in [-0.25, -0.2) is 5.84 Å². The number of hydrogen-bond acceptors (Lipinski definition) is 4. The Bertz CT molecular complexity index is 291. The maximum Gasteiger partial charge on any atom is 0.239 e. The highest BCUT2D eigenvalue weighted by molar-refractivity contribution is 5.86. The van der Waals surface area contributed by atoms with E-state index >= 15 is 0 Å². The van der Waals surface area contributed by atoms with Crippen molar-refractivity contribution >= 4 is 11.8 Å². The lowest BCUT2D eigenvalue weighted by molar-refractivity contribution is -0.137. The number of amides is 2. The molecule has 16 heavy (non-hydrogen) atoms. The summed E-state index contributed by atoms with van der Waals surface area (Å²) in [7, 11) is 0. The lowest BCUT2D eigenvalue weighted by Gasteiger charge is -2.42. The zero-order valence-corrected chi connectivity index (χ0v) is 10.0. The lowest BCUT2D eigenvalue weighted by atomic mass is 9.97. The fraction of sp³-hybridized carbons (Fsp3) is 0.800. The Kier molecular flexibility index (Phi) is 3.88. The van der Waals surface area contributed by atoms with Gasteiger partial charge in [-0.05, 0) is 13.8 Å². The summed E-state index contributed by atoms with van der Waals surface area (Å²) in [4.78, 5) is 25.0. The van der Waals surface area contributed by atoms with Crippen LogP contribution in [0.15, 0.2) is 0 Å².